The fraction of sp³-hybridized carbons (Fsp3) is 0. The lowest BCUT2D eigenvalue weighted by molar-refractivity contribution is 0.592. The summed E-state index contributed by atoms with van der Waals surface area (Å²) in [7, 11) is 0. The molecule has 1 aromatic heterocycles. The zero-order chi connectivity index (χ0) is 7.84. The Bertz CT molecular complexity index is 399. The van der Waals surface area contributed by atoms with Gasteiger partial charge in [-0.2, -0.15) is 5.10 Å². The average molecular weight is 156 g/mol. The SMILES string of the molecule is Fc1cc(F)c2cn[nH]c2c1.[HH]. The highest BCUT2D eigenvalue weighted by Gasteiger charge is 2.03. The largest absolute Gasteiger partial charge is 0.278 e. The number of halogens is 2. The van der Waals surface area contributed by atoms with Crippen molar-refractivity contribution in [1.29, 1.82) is 0 Å². The Kier molecular flexibility index (Phi) is 1.15. The Hall–Kier alpha value is -1.45. The molecular weight excluding hydrogens is 150 g/mol. The molecule has 0 aliphatic heterocycles. The zero-order valence-electron chi connectivity index (χ0n) is 5.44. The molecule has 0 bridgehead atoms. The van der Waals surface area contributed by atoms with Crippen LogP contribution in [0.15, 0.2) is 18.3 Å². The molecule has 0 spiro atoms. The average Bonchev–Trinajstić information content (AvgIpc) is 2.34. The number of rotatable bonds is 0. The highest BCUT2D eigenvalue weighted by Crippen LogP contribution is 2.15. The summed E-state index contributed by atoms with van der Waals surface area (Å²) < 4.78 is 25.3. The second-order valence-corrected chi connectivity index (χ2v) is 2.22. The summed E-state index contributed by atoms with van der Waals surface area (Å²) in [5, 5.41) is 6.35. The number of fused-ring (bicyclic) bond motifs is 1. The van der Waals surface area contributed by atoms with Gasteiger partial charge in [-0.3, -0.25) is 5.10 Å². The lowest BCUT2D eigenvalue weighted by Gasteiger charge is -1.90. The lowest BCUT2D eigenvalue weighted by Crippen LogP contribution is -1.79. The van der Waals surface area contributed by atoms with Crippen LogP contribution in [0.2, 0.25) is 0 Å². The minimum atomic E-state index is -0.598. The molecule has 11 heavy (non-hydrogen) atoms. The summed E-state index contributed by atoms with van der Waals surface area (Å²) in [6, 6.07) is 2.03. The number of aromatic amines is 1. The quantitative estimate of drug-likeness (QED) is 0.621. The van der Waals surface area contributed by atoms with Gasteiger partial charge in [0.2, 0.25) is 0 Å². The third-order valence-corrected chi connectivity index (χ3v) is 1.47. The van der Waals surface area contributed by atoms with Gasteiger partial charge < -0.3 is 0 Å². The van der Waals surface area contributed by atoms with E-state index in [1.165, 1.54) is 12.3 Å². The fourth-order valence-corrected chi connectivity index (χ4v) is 0.975. The summed E-state index contributed by atoms with van der Waals surface area (Å²) >= 11 is 0. The molecule has 0 atom stereocenters. The Morgan fingerprint density at radius 2 is 2.18 bits per heavy atom. The first-order valence-electron chi connectivity index (χ1n) is 3.05. The third-order valence-electron chi connectivity index (χ3n) is 1.47. The lowest BCUT2D eigenvalue weighted by atomic mass is 10.2. The smallest absolute Gasteiger partial charge is 0.137 e. The van der Waals surface area contributed by atoms with Gasteiger partial charge >= 0.3 is 0 Å². The molecular formula is C7H6F2N2. The van der Waals surface area contributed by atoms with Crippen LogP contribution in [0.25, 0.3) is 10.9 Å². The number of benzene rings is 1. The van der Waals surface area contributed by atoms with Gasteiger partial charge in [0.1, 0.15) is 11.6 Å². The first-order valence-corrected chi connectivity index (χ1v) is 3.05. The number of hydrogen-bond donors (Lipinski definition) is 1. The first-order chi connectivity index (χ1) is 5.27. The van der Waals surface area contributed by atoms with Crippen molar-refractivity contribution in [2.45, 2.75) is 0 Å². The van der Waals surface area contributed by atoms with Crippen molar-refractivity contribution in [2.24, 2.45) is 0 Å². The molecule has 4 heteroatoms. The predicted octanol–water partition coefficient (Wildman–Crippen LogP) is 2.09. The predicted molar refractivity (Wildman–Crippen MR) is 38.1 cm³/mol. The number of nitrogens with one attached hydrogen (secondary N) is 1. The molecule has 2 rings (SSSR count). The Morgan fingerprint density at radius 3 is 3.00 bits per heavy atom. The first kappa shape index (κ1) is 6.27. The maximum Gasteiger partial charge on any atom is 0.137 e. The minimum absolute atomic E-state index is 0. The van der Waals surface area contributed by atoms with Gasteiger partial charge in [-0.15, -0.1) is 0 Å². The molecule has 0 fully saturated rings. The standard InChI is InChI=1S/C7H4F2N2.H2/c8-4-1-6(9)5-3-10-11-7(5)2-4;/h1-3H,(H,10,11);1H. The van der Waals surface area contributed by atoms with Crippen LogP contribution in [0.4, 0.5) is 8.78 Å². The van der Waals surface area contributed by atoms with E-state index in [0.29, 0.717) is 10.9 Å². The van der Waals surface area contributed by atoms with E-state index in [2.05, 4.69) is 10.2 Å². The van der Waals surface area contributed by atoms with E-state index in [-0.39, 0.29) is 1.43 Å². The van der Waals surface area contributed by atoms with Crippen LogP contribution < -0.4 is 0 Å². The van der Waals surface area contributed by atoms with Crippen molar-refractivity contribution >= 4 is 10.9 Å². The van der Waals surface area contributed by atoms with Crippen molar-refractivity contribution in [3.63, 3.8) is 0 Å². The van der Waals surface area contributed by atoms with Crippen LogP contribution in [0.1, 0.15) is 1.43 Å². The maximum atomic E-state index is 12.8. The van der Waals surface area contributed by atoms with Crippen LogP contribution in [0.5, 0.6) is 0 Å². The maximum absolute atomic E-state index is 12.8. The van der Waals surface area contributed by atoms with E-state index in [1.54, 1.807) is 0 Å². The number of hydrogen-bond acceptors (Lipinski definition) is 1. The van der Waals surface area contributed by atoms with Gasteiger partial charge in [0.25, 0.3) is 0 Å². The highest BCUT2D eigenvalue weighted by molar-refractivity contribution is 5.78. The summed E-state index contributed by atoms with van der Waals surface area (Å²) in [5.41, 5.74) is 0.377. The molecule has 0 saturated carbocycles. The van der Waals surface area contributed by atoms with Crippen LogP contribution >= 0.6 is 0 Å². The number of nitrogens with zero attached hydrogens (tertiary/aromatic N) is 1. The molecule has 1 N–H and O–H groups in total. The molecule has 0 aliphatic rings. The normalized spacial score (nSPS) is 10.7. The second-order valence-electron chi connectivity index (χ2n) is 2.22. The fourth-order valence-electron chi connectivity index (χ4n) is 0.975. The molecule has 58 valence electrons. The van der Waals surface area contributed by atoms with Crippen LogP contribution in [0.3, 0.4) is 0 Å². The van der Waals surface area contributed by atoms with Crippen molar-refractivity contribution in [3.05, 3.63) is 30.0 Å². The summed E-state index contributed by atoms with van der Waals surface area (Å²) in [6.45, 7) is 0. The number of H-pyrrole nitrogens is 1. The Balaban J connectivity index is 0.000000720. The topological polar surface area (TPSA) is 28.7 Å². The molecule has 0 amide bonds. The summed E-state index contributed by atoms with van der Waals surface area (Å²) in [4.78, 5) is 0. The van der Waals surface area contributed by atoms with E-state index >= 15 is 0 Å². The van der Waals surface area contributed by atoms with Crippen molar-refractivity contribution in [3.8, 4) is 0 Å². The van der Waals surface area contributed by atoms with E-state index in [1.807, 2.05) is 0 Å². The molecule has 1 aromatic carbocycles. The van der Waals surface area contributed by atoms with Crippen LogP contribution in [0, 0.1) is 11.6 Å². The molecule has 0 radical (unpaired) electrons. The van der Waals surface area contributed by atoms with Gasteiger partial charge in [-0.05, 0) is 6.07 Å². The molecule has 1 heterocycles. The van der Waals surface area contributed by atoms with E-state index in [0.717, 1.165) is 6.07 Å². The number of aromatic nitrogens is 2. The third kappa shape index (κ3) is 0.869. The van der Waals surface area contributed by atoms with Gasteiger partial charge in [0, 0.05) is 7.49 Å². The minimum Gasteiger partial charge on any atom is -0.278 e. The van der Waals surface area contributed by atoms with Gasteiger partial charge in [-0.1, -0.05) is 0 Å². The molecule has 0 saturated heterocycles. The second kappa shape index (κ2) is 2.02. The van der Waals surface area contributed by atoms with E-state index in [4.69, 9.17) is 0 Å². The monoisotopic (exact) mass is 156 g/mol. The molecule has 0 aliphatic carbocycles. The molecule has 0 unspecified atom stereocenters. The van der Waals surface area contributed by atoms with Crippen molar-refractivity contribution in [1.82, 2.24) is 10.2 Å². The van der Waals surface area contributed by atoms with Crippen LogP contribution in [-0.2, 0) is 0 Å². The van der Waals surface area contributed by atoms with Gasteiger partial charge in [-0.25, -0.2) is 8.78 Å². The zero-order valence-corrected chi connectivity index (χ0v) is 5.44. The van der Waals surface area contributed by atoms with Crippen molar-refractivity contribution in [2.75, 3.05) is 0 Å². The Morgan fingerprint density at radius 1 is 1.36 bits per heavy atom. The van der Waals surface area contributed by atoms with E-state index < -0.39 is 11.6 Å². The van der Waals surface area contributed by atoms with Gasteiger partial charge in [0.15, 0.2) is 0 Å². The summed E-state index contributed by atoms with van der Waals surface area (Å²) in [5.74, 6) is -1.19. The van der Waals surface area contributed by atoms with E-state index in [9.17, 15) is 8.78 Å². The van der Waals surface area contributed by atoms with Gasteiger partial charge in [0.05, 0.1) is 17.1 Å². The van der Waals surface area contributed by atoms with Crippen LogP contribution in [-0.4, -0.2) is 10.2 Å². The molecule has 2 aromatic rings. The van der Waals surface area contributed by atoms with Crippen molar-refractivity contribution < 1.29 is 10.2 Å². The Labute approximate surface area is 62.3 Å². The highest BCUT2D eigenvalue weighted by atomic mass is 19.1. The molecule has 2 nitrogen and oxygen atoms in total. The summed E-state index contributed by atoms with van der Waals surface area (Å²) in [6.07, 6.45) is 1.32.